The van der Waals surface area contributed by atoms with Crippen LogP contribution in [0.15, 0.2) is 29.4 Å². The third-order valence-corrected chi connectivity index (χ3v) is 6.02. The van der Waals surface area contributed by atoms with E-state index in [0.717, 1.165) is 25.4 Å². The summed E-state index contributed by atoms with van der Waals surface area (Å²) in [6.07, 6.45) is 1.98. The van der Waals surface area contributed by atoms with Crippen LogP contribution >= 0.6 is 22.6 Å². The number of hydroxylamine groups is 1. The molecule has 0 aliphatic carbocycles. The van der Waals surface area contributed by atoms with Gasteiger partial charge in [0.05, 0.1) is 42.5 Å². The highest BCUT2D eigenvalue weighted by atomic mass is 127. The van der Waals surface area contributed by atoms with E-state index < -0.39 is 34.6 Å². The molecule has 36 heavy (non-hydrogen) atoms. The average molecular weight is 622 g/mol. The van der Waals surface area contributed by atoms with Gasteiger partial charge in [-0.25, -0.2) is 18.7 Å². The number of anilines is 2. The zero-order chi connectivity index (χ0) is 26.1. The van der Waals surface area contributed by atoms with Gasteiger partial charge in [-0.3, -0.25) is 14.5 Å². The molecule has 0 bridgehead atoms. The number of carbonyl (C=O) groups is 1. The molecule has 1 aliphatic heterocycles. The lowest BCUT2D eigenvalue weighted by molar-refractivity contribution is 0.0168. The summed E-state index contributed by atoms with van der Waals surface area (Å²) in [5.74, 6) is -4.45. The molecule has 0 spiro atoms. The second kappa shape index (κ2) is 13.7. The van der Waals surface area contributed by atoms with Crippen LogP contribution in [0, 0.1) is 21.0 Å². The van der Waals surface area contributed by atoms with Crippen LogP contribution in [-0.4, -0.2) is 72.8 Å². The summed E-state index contributed by atoms with van der Waals surface area (Å²) < 4.78 is 44.8. The molecule has 4 N–H and O–H groups in total. The second-order valence-corrected chi connectivity index (χ2v) is 9.15. The molecule has 1 amide bonds. The summed E-state index contributed by atoms with van der Waals surface area (Å²) in [5, 5.41) is 24.5. The highest BCUT2D eigenvalue weighted by molar-refractivity contribution is 14.1. The zero-order valence-corrected chi connectivity index (χ0v) is 21.3. The zero-order valence-electron chi connectivity index (χ0n) is 19.1. The van der Waals surface area contributed by atoms with Crippen molar-refractivity contribution in [3.8, 4) is 0 Å². The first-order chi connectivity index (χ1) is 17.3. The van der Waals surface area contributed by atoms with Crippen LogP contribution in [0.2, 0.25) is 0 Å². The molecular formula is C23H26F3IN4O5. The number of nitrogens with zero attached hydrogens (tertiary/aromatic N) is 2. The first-order valence-electron chi connectivity index (χ1n) is 11.1. The Morgan fingerprint density at radius 1 is 1.19 bits per heavy atom. The number of piperidine rings is 1. The molecule has 0 atom stereocenters. The standard InChI is InChI=1S/C23H26F3IN4O5/c24-18-12-15(27)1-2-19(18)29-22-17(23(34)30-36-10-8-32)11-14(20(25)21(22)26)13-28-35-9-7-31-5-3-16(33)4-6-31/h1-2,11-13,16,29,32-33H,3-10H2,(H,30,34)/b28-13+. The van der Waals surface area contributed by atoms with Crippen molar-refractivity contribution in [3.63, 3.8) is 0 Å². The van der Waals surface area contributed by atoms with Crippen molar-refractivity contribution in [2.75, 3.05) is 44.8 Å². The molecular weight excluding hydrogens is 596 g/mol. The number of halogens is 4. The average Bonchev–Trinajstić information content (AvgIpc) is 2.85. The largest absolute Gasteiger partial charge is 0.394 e. The van der Waals surface area contributed by atoms with Crippen molar-refractivity contribution in [3.05, 3.63) is 56.4 Å². The van der Waals surface area contributed by atoms with Gasteiger partial charge >= 0.3 is 0 Å². The first kappa shape index (κ1) is 28.1. The van der Waals surface area contributed by atoms with Crippen molar-refractivity contribution >= 4 is 46.1 Å². The fourth-order valence-corrected chi connectivity index (χ4v) is 3.90. The van der Waals surface area contributed by atoms with Crippen molar-refractivity contribution < 1.29 is 37.9 Å². The number of carbonyl (C=O) groups excluding carboxylic acids is 1. The molecule has 1 fully saturated rings. The van der Waals surface area contributed by atoms with Gasteiger partial charge in [-0.15, -0.1) is 0 Å². The minimum atomic E-state index is -1.43. The summed E-state index contributed by atoms with van der Waals surface area (Å²) in [4.78, 5) is 24.6. The van der Waals surface area contributed by atoms with Crippen LogP contribution in [0.3, 0.4) is 0 Å². The van der Waals surface area contributed by atoms with E-state index in [4.69, 9.17) is 14.8 Å². The van der Waals surface area contributed by atoms with Gasteiger partial charge < -0.3 is 20.4 Å². The van der Waals surface area contributed by atoms with Crippen molar-refractivity contribution in [2.24, 2.45) is 5.16 Å². The summed E-state index contributed by atoms with van der Waals surface area (Å²) in [5.41, 5.74) is 0.466. The van der Waals surface area contributed by atoms with E-state index in [0.29, 0.717) is 23.0 Å². The van der Waals surface area contributed by atoms with Gasteiger partial charge in [0, 0.05) is 28.8 Å². The maximum atomic E-state index is 15.1. The van der Waals surface area contributed by atoms with Gasteiger partial charge in [-0.05, 0) is 59.7 Å². The van der Waals surface area contributed by atoms with Crippen molar-refractivity contribution in [2.45, 2.75) is 18.9 Å². The van der Waals surface area contributed by atoms with Gasteiger partial charge in [0.15, 0.2) is 11.6 Å². The van der Waals surface area contributed by atoms with E-state index in [1.54, 1.807) is 6.07 Å². The Labute approximate surface area is 219 Å². The quantitative estimate of drug-likeness (QED) is 0.132. The molecule has 3 rings (SSSR count). The number of nitrogens with one attached hydrogen (secondary N) is 2. The number of aliphatic hydroxyl groups is 2. The number of rotatable bonds is 11. The molecule has 0 unspecified atom stereocenters. The van der Waals surface area contributed by atoms with Crippen molar-refractivity contribution in [1.29, 1.82) is 0 Å². The molecule has 2 aromatic carbocycles. The highest BCUT2D eigenvalue weighted by Gasteiger charge is 2.23. The number of aliphatic hydroxyl groups excluding tert-OH is 2. The second-order valence-electron chi connectivity index (χ2n) is 7.91. The number of oxime groups is 1. The molecule has 0 saturated carbocycles. The predicted octanol–water partition coefficient (Wildman–Crippen LogP) is 2.91. The van der Waals surface area contributed by atoms with Gasteiger partial charge in [-0.2, -0.15) is 0 Å². The lowest BCUT2D eigenvalue weighted by Crippen LogP contribution is -2.37. The normalized spacial score (nSPS) is 14.8. The van der Waals surface area contributed by atoms with Crippen LogP contribution in [0.25, 0.3) is 0 Å². The lowest BCUT2D eigenvalue weighted by Gasteiger charge is -2.28. The van der Waals surface area contributed by atoms with Crippen LogP contribution in [0.1, 0.15) is 28.8 Å². The SMILES string of the molecule is O=C(NOCCO)c1cc(/C=N/OCCN2CCC(O)CC2)c(F)c(F)c1Nc1ccc(I)cc1F. The predicted molar refractivity (Wildman–Crippen MR) is 134 cm³/mol. The van der Waals surface area contributed by atoms with E-state index in [1.807, 2.05) is 28.1 Å². The minimum Gasteiger partial charge on any atom is -0.394 e. The molecule has 13 heteroatoms. The topological polar surface area (TPSA) is 116 Å². The molecule has 2 aromatic rings. The van der Waals surface area contributed by atoms with E-state index in [2.05, 4.69) is 15.4 Å². The Morgan fingerprint density at radius 2 is 1.94 bits per heavy atom. The summed E-state index contributed by atoms with van der Waals surface area (Å²) >= 11 is 1.90. The molecule has 0 aromatic heterocycles. The Kier molecular flexibility index (Phi) is 10.7. The number of likely N-dealkylation sites (tertiary alicyclic amines) is 1. The van der Waals surface area contributed by atoms with E-state index in [1.165, 1.54) is 12.1 Å². The molecule has 1 saturated heterocycles. The summed E-state index contributed by atoms with van der Waals surface area (Å²) in [6.45, 7) is 1.55. The Morgan fingerprint density at radius 3 is 2.64 bits per heavy atom. The highest BCUT2D eigenvalue weighted by Crippen LogP contribution is 2.30. The molecule has 1 aliphatic rings. The molecule has 1 heterocycles. The Bertz CT molecular complexity index is 1080. The van der Waals surface area contributed by atoms with E-state index in [-0.39, 0.29) is 37.2 Å². The first-order valence-corrected chi connectivity index (χ1v) is 12.2. The Balaban J connectivity index is 1.78. The van der Waals surface area contributed by atoms with Crippen molar-refractivity contribution in [1.82, 2.24) is 10.4 Å². The third-order valence-electron chi connectivity index (χ3n) is 5.35. The maximum absolute atomic E-state index is 15.1. The minimum absolute atomic E-state index is 0.172. The number of hydrogen-bond donors (Lipinski definition) is 4. The smallest absolute Gasteiger partial charge is 0.277 e. The van der Waals surface area contributed by atoms with E-state index >= 15 is 4.39 Å². The van der Waals surface area contributed by atoms with Gasteiger partial charge in [0.2, 0.25) is 0 Å². The third kappa shape index (κ3) is 7.77. The molecule has 196 valence electrons. The Hall–Kier alpha value is -2.46. The lowest BCUT2D eigenvalue weighted by atomic mass is 10.1. The van der Waals surface area contributed by atoms with Gasteiger partial charge in [-0.1, -0.05) is 5.16 Å². The number of amides is 1. The fraction of sp³-hybridized carbons (Fsp3) is 0.391. The number of hydrogen-bond acceptors (Lipinski definition) is 8. The van der Waals surface area contributed by atoms with Crippen LogP contribution in [0.5, 0.6) is 0 Å². The summed E-state index contributed by atoms with van der Waals surface area (Å²) in [7, 11) is 0. The summed E-state index contributed by atoms with van der Waals surface area (Å²) in [6, 6.07) is 5.08. The maximum Gasteiger partial charge on any atom is 0.277 e. The van der Waals surface area contributed by atoms with Crippen LogP contribution in [0.4, 0.5) is 24.5 Å². The monoisotopic (exact) mass is 622 g/mol. The van der Waals surface area contributed by atoms with Gasteiger partial charge in [0.1, 0.15) is 12.4 Å². The van der Waals surface area contributed by atoms with Crippen LogP contribution < -0.4 is 10.8 Å². The van der Waals surface area contributed by atoms with Crippen LogP contribution in [-0.2, 0) is 9.68 Å². The fourth-order valence-electron chi connectivity index (χ4n) is 3.44. The van der Waals surface area contributed by atoms with Gasteiger partial charge in [0.25, 0.3) is 5.91 Å². The molecule has 9 nitrogen and oxygen atoms in total. The van der Waals surface area contributed by atoms with E-state index in [9.17, 15) is 18.7 Å². The number of benzene rings is 2. The molecule has 0 radical (unpaired) electrons.